The highest BCUT2D eigenvalue weighted by Gasteiger charge is 2.42. The highest BCUT2D eigenvalue weighted by molar-refractivity contribution is 7.89. The normalized spacial score (nSPS) is 28.4. The van der Waals surface area contributed by atoms with Crippen molar-refractivity contribution in [2.75, 3.05) is 33.3 Å². The van der Waals surface area contributed by atoms with Crippen LogP contribution in [0.3, 0.4) is 0 Å². The molecule has 3 heterocycles. The lowest BCUT2D eigenvalue weighted by molar-refractivity contribution is 0.113. The quantitative estimate of drug-likeness (QED) is 0.816. The minimum absolute atomic E-state index is 0.0191. The van der Waals surface area contributed by atoms with Crippen LogP contribution in [-0.4, -0.2) is 63.1 Å². The zero-order chi connectivity index (χ0) is 14.9. The Balaban J connectivity index is 1.80. The minimum Gasteiger partial charge on any atom is -0.452 e. The van der Waals surface area contributed by atoms with Crippen LogP contribution in [-0.2, 0) is 14.8 Å². The molecule has 21 heavy (non-hydrogen) atoms. The van der Waals surface area contributed by atoms with E-state index < -0.39 is 10.0 Å². The fourth-order valence-corrected chi connectivity index (χ4v) is 4.83. The van der Waals surface area contributed by atoms with Crippen LogP contribution in [0.1, 0.15) is 19.3 Å². The van der Waals surface area contributed by atoms with Gasteiger partial charge >= 0.3 is 0 Å². The molecule has 2 aliphatic rings. The molecule has 3 rings (SSSR count). The van der Waals surface area contributed by atoms with Gasteiger partial charge in [-0.1, -0.05) is 0 Å². The molecular weight excluding hydrogens is 292 g/mol. The number of furan rings is 1. The zero-order valence-electron chi connectivity index (χ0n) is 12.3. The van der Waals surface area contributed by atoms with Gasteiger partial charge in [0.05, 0.1) is 12.4 Å². The smallest absolute Gasteiger partial charge is 0.276 e. The molecule has 7 heteroatoms. The summed E-state index contributed by atoms with van der Waals surface area (Å²) in [6.07, 6.45) is 4.50. The summed E-state index contributed by atoms with van der Waals surface area (Å²) in [5.41, 5.74) is 0. The fourth-order valence-electron chi connectivity index (χ4n) is 3.27. The number of methoxy groups -OCH3 is 1. The predicted octanol–water partition coefficient (Wildman–Crippen LogP) is 1.15. The molecule has 0 aromatic carbocycles. The van der Waals surface area contributed by atoms with Crippen molar-refractivity contribution in [2.24, 2.45) is 0 Å². The molecule has 0 unspecified atom stereocenters. The first kappa shape index (κ1) is 15.0. The summed E-state index contributed by atoms with van der Waals surface area (Å²) in [6, 6.07) is 3.07. The molecule has 0 radical (unpaired) electrons. The number of sulfonamides is 1. The Kier molecular flexibility index (Phi) is 4.35. The number of hydrogen-bond donors (Lipinski definition) is 0. The molecule has 2 aliphatic heterocycles. The molecule has 0 bridgehead atoms. The first-order chi connectivity index (χ1) is 10.1. The number of ether oxygens (including phenoxy) is 1. The summed E-state index contributed by atoms with van der Waals surface area (Å²) in [6.45, 7) is 3.30. The van der Waals surface area contributed by atoms with Gasteiger partial charge in [-0.15, -0.1) is 0 Å². The van der Waals surface area contributed by atoms with Gasteiger partial charge in [0.25, 0.3) is 10.0 Å². The Morgan fingerprint density at radius 2 is 2.14 bits per heavy atom. The molecule has 0 saturated carbocycles. The van der Waals surface area contributed by atoms with Crippen molar-refractivity contribution in [1.29, 1.82) is 0 Å². The maximum atomic E-state index is 12.7. The molecule has 1 aromatic rings. The van der Waals surface area contributed by atoms with Gasteiger partial charge in [0.1, 0.15) is 0 Å². The van der Waals surface area contributed by atoms with E-state index in [4.69, 9.17) is 9.15 Å². The second-order valence-corrected chi connectivity index (χ2v) is 7.58. The van der Waals surface area contributed by atoms with Gasteiger partial charge in [-0.3, -0.25) is 0 Å². The van der Waals surface area contributed by atoms with Gasteiger partial charge in [-0.05, 0) is 44.5 Å². The van der Waals surface area contributed by atoms with Crippen LogP contribution in [0.4, 0.5) is 0 Å². The highest BCUT2D eigenvalue weighted by atomic mass is 32.2. The van der Waals surface area contributed by atoms with E-state index in [2.05, 4.69) is 4.90 Å². The summed E-state index contributed by atoms with van der Waals surface area (Å²) in [5, 5.41) is 0.0191. The molecular formula is C14H22N2O4S. The van der Waals surface area contributed by atoms with Crippen LogP contribution in [0.25, 0.3) is 0 Å². The predicted molar refractivity (Wildman–Crippen MR) is 77.5 cm³/mol. The van der Waals surface area contributed by atoms with Crippen molar-refractivity contribution in [1.82, 2.24) is 9.21 Å². The molecule has 2 atom stereocenters. The lowest BCUT2D eigenvalue weighted by atomic mass is 10.2. The van der Waals surface area contributed by atoms with E-state index in [1.54, 1.807) is 17.5 Å². The van der Waals surface area contributed by atoms with Crippen molar-refractivity contribution in [3.05, 3.63) is 18.4 Å². The first-order valence-corrected chi connectivity index (χ1v) is 8.86. The molecule has 0 spiro atoms. The average molecular weight is 314 g/mol. The van der Waals surface area contributed by atoms with Gasteiger partial charge in [0.15, 0.2) is 0 Å². The molecule has 0 amide bonds. The fraction of sp³-hybridized carbons (Fsp3) is 0.714. The third kappa shape index (κ3) is 3.01. The lowest BCUT2D eigenvalue weighted by Gasteiger charge is -2.26. The Bertz CT molecular complexity index is 552. The van der Waals surface area contributed by atoms with E-state index in [-0.39, 0.29) is 17.2 Å². The largest absolute Gasteiger partial charge is 0.452 e. The van der Waals surface area contributed by atoms with Crippen LogP contribution < -0.4 is 0 Å². The Labute approximate surface area is 125 Å². The summed E-state index contributed by atoms with van der Waals surface area (Å²) >= 11 is 0. The van der Waals surface area contributed by atoms with Gasteiger partial charge in [-0.25, -0.2) is 8.42 Å². The van der Waals surface area contributed by atoms with Crippen LogP contribution >= 0.6 is 0 Å². The average Bonchev–Trinajstić information content (AvgIpc) is 3.21. The zero-order valence-corrected chi connectivity index (χ0v) is 13.1. The van der Waals surface area contributed by atoms with Gasteiger partial charge in [0.2, 0.25) is 5.09 Å². The number of hydrogen-bond acceptors (Lipinski definition) is 5. The van der Waals surface area contributed by atoms with Crippen LogP contribution in [0, 0.1) is 0 Å². The van der Waals surface area contributed by atoms with E-state index >= 15 is 0 Å². The standard InChI is InChI=1S/C14H22N2O4S/c1-19-13-9-12(10-15-6-2-3-7-15)16(11-13)21(17,18)14-5-4-8-20-14/h4-5,8,12-13H,2-3,6-7,9-11H2,1H3/t12-,13-/m0/s1. The second kappa shape index (κ2) is 6.08. The first-order valence-electron chi connectivity index (χ1n) is 7.42. The molecule has 1 aromatic heterocycles. The van der Waals surface area contributed by atoms with Gasteiger partial charge < -0.3 is 14.1 Å². The Morgan fingerprint density at radius 3 is 2.76 bits per heavy atom. The maximum absolute atomic E-state index is 12.7. The second-order valence-electron chi connectivity index (χ2n) is 5.76. The third-order valence-electron chi connectivity index (χ3n) is 4.38. The van der Waals surface area contributed by atoms with Crippen molar-refractivity contribution in [2.45, 2.75) is 36.5 Å². The van der Waals surface area contributed by atoms with Crippen LogP contribution in [0.15, 0.2) is 27.9 Å². The van der Waals surface area contributed by atoms with E-state index in [1.165, 1.54) is 25.2 Å². The molecule has 2 saturated heterocycles. The van der Waals surface area contributed by atoms with E-state index in [0.717, 1.165) is 26.1 Å². The van der Waals surface area contributed by atoms with E-state index in [9.17, 15) is 8.42 Å². The van der Waals surface area contributed by atoms with Gasteiger partial charge in [-0.2, -0.15) is 4.31 Å². The number of likely N-dealkylation sites (tertiary alicyclic amines) is 1. The maximum Gasteiger partial charge on any atom is 0.276 e. The monoisotopic (exact) mass is 314 g/mol. The SMILES string of the molecule is CO[C@H]1C[C@@H](CN2CCCC2)N(S(=O)(=O)c2ccco2)C1. The molecule has 0 aliphatic carbocycles. The van der Waals surface area contributed by atoms with E-state index in [1.807, 2.05) is 0 Å². The summed E-state index contributed by atoms with van der Waals surface area (Å²) < 4.78 is 37.5. The van der Waals surface area contributed by atoms with Crippen molar-refractivity contribution in [3.8, 4) is 0 Å². The number of rotatable bonds is 5. The Morgan fingerprint density at radius 1 is 1.38 bits per heavy atom. The van der Waals surface area contributed by atoms with E-state index in [0.29, 0.717) is 6.54 Å². The van der Waals surface area contributed by atoms with Crippen molar-refractivity contribution in [3.63, 3.8) is 0 Å². The third-order valence-corrected chi connectivity index (χ3v) is 6.19. The molecule has 118 valence electrons. The topological polar surface area (TPSA) is 63.0 Å². The van der Waals surface area contributed by atoms with Crippen molar-refractivity contribution >= 4 is 10.0 Å². The lowest BCUT2D eigenvalue weighted by Crippen LogP contribution is -2.42. The van der Waals surface area contributed by atoms with Crippen molar-refractivity contribution < 1.29 is 17.6 Å². The van der Waals surface area contributed by atoms with Gasteiger partial charge in [0, 0.05) is 26.2 Å². The van der Waals surface area contributed by atoms with Crippen LogP contribution in [0.5, 0.6) is 0 Å². The van der Waals surface area contributed by atoms with Crippen LogP contribution in [0.2, 0.25) is 0 Å². The molecule has 0 N–H and O–H groups in total. The molecule has 6 nitrogen and oxygen atoms in total. The molecule has 2 fully saturated rings. The Hall–Kier alpha value is -0.890. The number of nitrogens with zero attached hydrogens (tertiary/aromatic N) is 2. The summed E-state index contributed by atoms with van der Waals surface area (Å²) in [7, 11) is -1.93. The summed E-state index contributed by atoms with van der Waals surface area (Å²) in [4.78, 5) is 2.34. The minimum atomic E-state index is -3.57. The highest BCUT2D eigenvalue weighted by Crippen LogP contribution is 2.29. The summed E-state index contributed by atoms with van der Waals surface area (Å²) in [5.74, 6) is 0.